The predicted octanol–water partition coefficient (Wildman–Crippen LogP) is 1.50. The molecular formula is C10H17N3OS. The highest BCUT2D eigenvalue weighted by molar-refractivity contribution is 7.13. The molecule has 0 spiro atoms. The van der Waals surface area contributed by atoms with Crippen LogP contribution in [0, 0.1) is 5.92 Å². The maximum absolute atomic E-state index is 11.4. The first-order valence-electron chi connectivity index (χ1n) is 5.00. The summed E-state index contributed by atoms with van der Waals surface area (Å²) in [6.07, 6.45) is 0.366. The van der Waals surface area contributed by atoms with E-state index >= 15 is 0 Å². The summed E-state index contributed by atoms with van der Waals surface area (Å²) >= 11 is 1.51. The van der Waals surface area contributed by atoms with Crippen LogP contribution in [0.1, 0.15) is 19.5 Å². The first-order chi connectivity index (χ1) is 7.11. The molecular weight excluding hydrogens is 210 g/mol. The number of aromatic nitrogens is 1. The molecule has 5 heteroatoms. The van der Waals surface area contributed by atoms with E-state index in [-0.39, 0.29) is 5.91 Å². The van der Waals surface area contributed by atoms with Crippen molar-refractivity contribution in [2.45, 2.75) is 20.3 Å². The molecule has 0 bridgehead atoms. The Morgan fingerprint density at radius 2 is 2.33 bits per heavy atom. The predicted molar refractivity (Wildman–Crippen MR) is 63.2 cm³/mol. The van der Waals surface area contributed by atoms with Crippen LogP contribution in [-0.4, -0.2) is 24.5 Å². The average Bonchev–Trinajstić information content (AvgIpc) is 2.62. The lowest BCUT2D eigenvalue weighted by molar-refractivity contribution is -0.120. The zero-order valence-corrected chi connectivity index (χ0v) is 10.1. The fourth-order valence-corrected chi connectivity index (χ4v) is 1.72. The van der Waals surface area contributed by atoms with Gasteiger partial charge in [0.15, 0.2) is 5.13 Å². The van der Waals surface area contributed by atoms with Gasteiger partial charge in [-0.2, -0.15) is 0 Å². The number of amides is 1. The van der Waals surface area contributed by atoms with E-state index in [1.54, 1.807) is 0 Å². The monoisotopic (exact) mass is 227 g/mol. The molecule has 0 saturated heterocycles. The number of carbonyl (C=O) groups is 1. The van der Waals surface area contributed by atoms with E-state index in [2.05, 4.69) is 29.5 Å². The van der Waals surface area contributed by atoms with E-state index in [1.165, 1.54) is 11.3 Å². The highest BCUT2D eigenvalue weighted by Gasteiger charge is 2.07. The van der Waals surface area contributed by atoms with Crippen LogP contribution in [0.5, 0.6) is 0 Å². The van der Waals surface area contributed by atoms with Gasteiger partial charge in [-0.1, -0.05) is 13.8 Å². The molecule has 0 aromatic carbocycles. The van der Waals surface area contributed by atoms with Crippen molar-refractivity contribution in [1.29, 1.82) is 0 Å². The van der Waals surface area contributed by atoms with E-state index in [1.807, 2.05) is 12.4 Å². The Morgan fingerprint density at radius 3 is 2.87 bits per heavy atom. The summed E-state index contributed by atoms with van der Waals surface area (Å²) in [5, 5.41) is 8.56. The van der Waals surface area contributed by atoms with Crippen LogP contribution in [0.4, 0.5) is 5.13 Å². The van der Waals surface area contributed by atoms with Gasteiger partial charge in [-0.3, -0.25) is 4.79 Å². The molecule has 0 unspecified atom stereocenters. The molecule has 0 aliphatic carbocycles. The lowest BCUT2D eigenvalue weighted by Crippen LogP contribution is -2.28. The Balaban J connectivity index is 2.37. The van der Waals surface area contributed by atoms with Crippen molar-refractivity contribution in [2.24, 2.45) is 5.92 Å². The Labute approximate surface area is 94.1 Å². The minimum absolute atomic E-state index is 0.0386. The van der Waals surface area contributed by atoms with E-state index < -0.39 is 0 Å². The lowest BCUT2D eigenvalue weighted by atomic mass is 10.2. The maximum Gasteiger partial charge on any atom is 0.226 e. The van der Waals surface area contributed by atoms with E-state index in [0.29, 0.717) is 12.3 Å². The third-order valence-electron chi connectivity index (χ3n) is 1.81. The molecule has 0 aliphatic heterocycles. The van der Waals surface area contributed by atoms with Gasteiger partial charge < -0.3 is 10.6 Å². The summed E-state index contributed by atoms with van der Waals surface area (Å²) in [7, 11) is 1.82. The van der Waals surface area contributed by atoms with Gasteiger partial charge in [-0.25, -0.2) is 4.98 Å². The van der Waals surface area contributed by atoms with Gasteiger partial charge in [0.05, 0.1) is 12.1 Å². The Hall–Kier alpha value is -1.10. The molecule has 2 N–H and O–H groups in total. The van der Waals surface area contributed by atoms with Crippen molar-refractivity contribution in [3.63, 3.8) is 0 Å². The molecule has 0 radical (unpaired) electrons. The maximum atomic E-state index is 11.4. The summed E-state index contributed by atoms with van der Waals surface area (Å²) in [5.74, 6) is 0.522. The molecule has 1 rings (SSSR count). The summed E-state index contributed by atoms with van der Waals surface area (Å²) < 4.78 is 0. The summed E-state index contributed by atoms with van der Waals surface area (Å²) in [5.41, 5.74) is 0.825. The molecule has 1 aromatic rings. The van der Waals surface area contributed by atoms with Crippen LogP contribution in [0.25, 0.3) is 0 Å². The fourth-order valence-electron chi connectivity index (χ4n) is 1.05. The highest BCUT2D eigenvalue weighted by atomic mass is 32.1. The van der Waals surface area contributed by atoms with Crippen LogP contribution < -0.4 is 10.6 Å². The van der Waals surface area contributed by atoms with Gasteiger partial charge in [0.2, 0.25) is 5.91 Å². The average molecular weight is 227 g/mol. The summed E-state index contributed by atoms with van der Waals surface area (Å²) in [4.78, 5) is 15.7. The van der Waals surface area contributed by atoms with Gasteiger partial charge in [0.25, 0.3) is 0 Å². The molecule has 15 heavy (non-hydrogen) atoms. The highest BCUT2D eigenvalue weighted by Crippen LogP contribution is 2.14. The number of anilines is 1. The molecule has 1 amide bonds. The lowest BCUT2D eigenvalue weighted by Gasteiger charge is -2.05. The minimum atomic E-state index is 0.0386. The molecule has 1 aromatic heterocycles. The SMILES string of the molecule is CNc1nc(CC(=O)NCC(C)C)cs1. The van der Waals surface area contributed by atoms with Crippen molar-refractivity contribution < 1.29 is 4.79 Å². The van der Waals surface area contributed by atoms with Crippen LogP contribution in [0.2, 0.25) is 0 Å². The van der Waals surface area contributed by atoms with Crippen molar-refractivity contribution in [3.8, 4) is 0 Å². The zero-order chi connectivity index (χ0) is 11.3. The molecule has 0 aliphatic rings. The fraction of sp³-hybridized carbons (Fsp3) is 0.600. The van der Waals surface area contributed by atoms with Crippen LogP contribution >= 0.6 is 11.3 Å². The quantitative estimate of drug-likeness (QED) is 0.801. The molecule has 4 nitrogen and oxygen atoms in total. The van der Waals surface area contributed by atoms with Gasteiger partial charge in [0.1, 0.15) is 0 Å². The number of nitrogens with one attached hydrogen (secondary N) is 2. The second kappa shape index (κ2) is 5.70. The van der Waals surface area contributed by atoms with Crippen molar-refractivity contribution >= 4 is 22.4 Å². The molecule has 0 atom stereocenters. The number of rotatable bonds is 5. The Morgan fingerprint density at radius 1 is 1.60 bits per heavy atom. The first kappa shape index (κ1) is 12.0. The topological polar surface area (TPSA) is 54.0 Å². The van der Waals surface area contributed by atoms with Crippen LogP contribution in [-0.2, 0) is 11.2 Å². The standard InChI is InChI=1S/C10H17N3OS/c1-7(2)5-12-9(14)4-8-6-15-10(11-3)13-8/h6-7H,4-5H2,1-3H3,(H,11,13)(H,12,14). The second-order valence-corrected chi connectivity index (χ2v) is 4.63. The van der Waals surface area contributed by atoms with Crippen molar-refractivity contribution in [1.82, 2.24) is 10.3 Å². The second-order valence-electron chi connectivity index (χ2n) is 3.77. The van der Waals surface area contributed by atoms with Crippen LogP contribution in [0.15, 0.2) is 5.38 Å². The molecule has 0 fully saturated rings. The number of carbonyl (C=O) groups excluding carboxylic acids is 1. The molecule has 1 heterocycles. The number of thiazole rings is 1. The third-order valence-corrected chi connectivity index (χ3v) is 2.72. The van der Waals surface area contributed by atoms with Gasteiger partial charge in [-0.15, -0.1) is 11.3 Å². The minimum Gasteiger partial charge on any atom is -0.365 e. The largest absolute Gasteiger partial charge is 0.365 e. The number of nitrogens with zero attached hydrogens (tertiary/aromatic N) is 1. The smallest absolute Gasteiger partial charge is 0.226 e. The Bertz CT molecular complexity index is 322. The molecule has 84 valence electrons. The summed E-state index contributed by atoms with van der Waals surface area (Å²) in [6.45, 7) is 4.87. The van der Waals surface area contributed by atoms with E-state index in [9.17, 15) is 4.79 Å². The molecule has 0 saturated carbocycles. The number of hydrogen-bond donors (Lipinski definition) is 2. The number of hydrogen-bond acceptors (Lipinski definition) is 4. The Kier molecular flexibility index (Phi) is 4.55. The van der Waals surface area contributed by atoms with Crippen LogP contribution in [0.3, 0.4) is 0 Å². The van der Waals surface area contributed by atoms with Gasteiger partial charge in [-0.05, 0) is 5.92 Å². The van der Waals surface area contributed by atoms with E-state index in [4.69, 9.17) is 0 Å². The zero-order valence-electron chi connectivity index (χ0n) is 9.33. The van der Waals surface area contributed by atoms with Crippen molar-refractivity contribution in [2.75, 3.05) is 18.9 Å². The van der Waals surface area contributed by atoms with E-state index in [0.717, 1.165) is 17.4 Å². The van der Waals surface area contributed by atoms with Gasteiger partial charge in [0, 0.05) is 19.0 Å². The van der Waals surface area contributed by atoms with Crippen molar-refractivity contribution in [3.05, 3.63) is 11.1 Å². The summed E-state index contributed by atoms with van der Waals surface area (Å²) in [6, 6.07) is 0. The normalized spacial score (nSPS) is 10.4. The first-order valence-corrected chi connectivity index (χ1v) is 5.88. The third kappa shape index (κ3) is 4.29. The van der Waals surface area contributed by atoms with Gasteiger partial charge >= 0.3 is 0 Å².